The van der Waals surface area contributed by atoms with Gasteiger partial charge in [0.2, 0.25) is 0 Å². The van der Waals surface area contributed by atoms with Crippen LogP contribution in [-0.4, -0.2) is 12.5 Å². The maximum Gasteiger partial charge on any atom is 0.186 e. The molecule has 0 spiro atoms. The van der Waals surface area contributed by atoms with Crippen LogP contribution in [-0.2, 0) is 0 Å². The summed E-state index contributed by atoms with van der Waals surface area (Å²) in [5.74, 6) is 0.705. The lowest BCUT2D eigenvalue weighted by Crippen LogP contribution is -2.23. The predicted octanol–water partition coefficient (Wildman–Crippen LogP) is 1.34. The van der Waals surface area contributed by atoms with E-state index in [1.54, 1.807) is 0 Å². The molecule has 0 aromatic rings. The second kappa shape index (κ2) is 4.65. The molecule has 14 heavy (non-hydrogen) atoms. The second-order valence-electron chi connectivity index (χ2n) is 3.55. The first-order valence-electron chi connectivity index (χ1n) is 4.71. The summed E-state index contributed by atoms with van der Waals surface area (Å²) in [5, 5.41) is 0. The van der Waals surface area contributed by atoms with Crippen molar-refractivity contribution in [2.24, 2.45) is 22.4 Å². The highest BCUT2D eigenvalue weighted by Crippen LogP contribution is 2.29. The van der Waals surface area contributed by atoms with Crippen LogP contribution in [0.15, 0.2) is 40.9 Å². The highest BCUT2D eigenvalue weighted by atomic mass is 15.0. The van der Waals surface area contributed by atoms with Crippen molar-refractivity contribution in [3.63, 3.8) is 0 Å². The SMILES string of the molecule is C=C/C=C1/C=C(CN=C(N)N)CC1C. The minimum atomic E-state index is 0.153. The largest absolute Gasteiger partial charge is 0.370 e. The molecule has 0 aliphatic heterocycles. The van der Waals surface area contributed by atoms with Gasteiger partial charge in [-0.2, -0.15) is 0 Å². The third-order valence-electron chi connectivity index (χ3n) is 2.28. The molecule has 4 N–H and O–H groups in total. The van der Waals surface area contributed by atoms with Crippen molar-refractivity contribution in [2.45, 2.75) is 13.3 Å². The summed E-state index contributed by atoms with van der Waals surface area (Å²) in [7, 11) is 0. The van der Waals surface area contributed by atoms with Gasteiger partial charge in [0.05, 0.1) is 6.54 Å². The third-order valence-corrected chi connectivity index (χ3v) is 2.28. The van der Waals surface area contributed by atoms with Crippen LogP contribution in [0.4, 0.5) is 0 Å². The number of nitrogens with zero attached hydrogens (tertiary/aromatic N) is 1. The molecule has 0 aromatic heterocycles. The zero-order valence-corrected chi connectivity index (χ0v) is 8.53. The molecule has 0 radical (unpaired) electrons. The van der Waals surface area contributed by atoms with Crippen LogP contribution in [0, 0.1) is 5.92 Å². The fourth-order valence-corrected chi connectivity index (χ4v) is 1.60. The van der Waals surface area contributed by atoms with Crippen LogP contribution in [0.3, 0.4) is 0 Å². The van der Waals surface area contributed by atoms with Crippen LogP contribution >= 0.6 is 0 Å². The molecule has 0 heterocycles. The molecule has 1 atom stereocenters. The first-order valence-corrected chi connectivity index (χ1v) is 4.71. The van der Waals surface area contributed by atoms with Gasteiger partial charge in [0.1, 0.15) is 0 Å². The van der Waals surface area contributed by atoms with Gasteiger partial charge < -0.3 is 11.5 Å². The Morgan fingerprint density at radius 2 is 2.43 bits per heavy atom. The minimum Gasteiger partial charge on any atom is -0.370 e. The van der Waals surface area contributed by atoms with Gasteiger partial charge in [-0.05, 0) is 23.5 Å². The summed E-state index contributed by atoms with van der Waals surface area (Å²) in [6.45, 7) is 6.49. The number of rotatable bonds is 3. The topological polar surface area (TPSA) is 64.4 Å². The molecule has 76 valence electrons. The van der Waals surface area contributed by atoms with Crippen molar-refractivity contribution >= 4 is 5.96 Å². The lowest BCUT2D eigenvalue weighted by atomic mass is 10.0. The molecule has 1 rings (SSSR count). The zero-order chi connectivity index (χ0) is 10.6. The van der Waals surface area contributed by atoms with E-state index < -0.39 is 0 Å². The zero-order valence-electron chi connectivity index (χ0n) is 8.53. The fraction of sp³-hybridized carbons (Fsp3) is 0.364. The smallest absolute Gasteiger partial charge is 0.186 e. The maximum absolute atomic E-state index is 5.27. The molecular weight excluding hydrogens is 174 g/mol. The van der Waals surface area contributed by atoms with E-state index in [0.717, 1.165) is 6.42 Å². The third kappa shape index (κ3) is 2.76. The van der Waals surface area contributed by atoms with Crippen molar-refractivity contribution in [1.29, 1.82) is 0 Å². The first-order chi connectivity index (χ1) is 6.63. The van der Waals surface area contributed by atoms with Crippen molar-refractivity contribution in [2.75, 3.05) is 6.54 Å². The minimum absolute atomic E-state index is 0.153. The van der Waals surface area contributed by atoms with Gasteiger partial charge in [-0.1, -0.05) is 31.7 Å². The Bertz CT molecular complexity index is 306. The lowest BCUT2D eigenvalue weighted by Gasteiger charge is -2.02. The van der Waals surface area contributed by atoms with Crippen molar-refractivity contribution in [1.82, 2.24) is 0 Å². The molecule has 0 aromatic carbocycles. The molecule has 0 fully saturated rings. The summed E-state index contributed by atoms with van der Waals surface area (Å²) in [6.07, 6.45) is 7.04. The van der Waals surface area contributed by atoms with Crippen LogP contribution in [0.5, 0.6) is 0 Å². The summed E-state index contributed by atoms with van der Waals surface area (Å²) >= 11 is 0. The van der Waals surface area contributed by atoms with E-state index in [2.05, 4.69) is 24.6 Å². The van der Waals surface area contributed by atoms with E-state index in [-0.39, 0.29) is 5.96 Å². The maximum atomic E-state index is 5.27. The number of aliphatic imine (C=N–C) groups is 1. The summed E-state index contributed by atoms with van der Waals surface area (Å²) in [6, 6.07) is 0. The van der Waals surface area contributed by atoms with Crippen LogP contribution < -0.4 is 11.5 Å². The van der Waals surface area contributed by atoms with Crippen molar-refractivity contribution in [3.05, 3.63) is 36.0 Å². The molecule has 0 saturated carbocycles. The highest BCUT2D eigenvalue weighted by Gasteiger charge is 2.16. The van der Waals surface area contributed by atoms with E-state index in [1.165, 1.54) is 11.1 Å². The monoisotopic (exact) mass is 191 g/mol. The summed E-state index contributed by atoms with van der Waals surface area (Å²) in [5.41, 5.74) is 13.1. The van der Waals surface area contributed by atoms with Gasteiger partial charge in [0.25, 0.3) is 0 Å². The second-order valence-corrected chi connectivity index (χ2v) is 3.55. The summed E-state index contributed by atoms with van der Waals surface area (Å²) in [4.78, 5) is 3.99. The molecule has 3 nitrogen and oxygen atoms in total. The quantitative estimate of drug-likeness (QED) is 0.522. The molecular formula is C11H17N3. The van der Waals surface area contributed by atoms with E-state index in [1.807, 2.05) is 12.2 Å². The molecule has 1 aliphatic carbocycles. The van der Waals surface area contributed by atoms with Gasteiger partial charge in [-0.3, -0.25) is 0 Å². The van der Waals surface area contributed by atoms with E-state index >= 15 is 0 Å². The van der Waals surface area contributed by atoms with Crippen molar-refractivity contribution < 1.29 is 0 Å². The average Bonchev–Trinajstić information content (AvgIpc) is 2.45. The average molecular weight is 191 g/mol. The standard InChI is InChI=1S/C11H17N3/c1-3-4-10-6-9(5-8(10)2)7-14-11(12)13/h3-4,6,8H,1,5,7H2,2H3,(H4,12,13,14)/b10-4-. The molecule has 1 aliphatic rings. The molecule has 0 amide bonds. The van der Waals surface area contributed by atoms with Gasteiger partial charge >= 0.3 is 0 Å². The number of guanidine groups is 1. The van der Waals surface area contributed by atoms with E-state index in [0.29, 0.717) is 12.5 Å². The van der Waals surface area contributed by atoms with E-state index in [4.69, 9.17) is 11.5 Å². The predicted molar refractivity (Wildman–Crippen MR) is 60.8 cm³/mol. The van der Waals surface area contributed by atoms with Crippen LogP contribution in [0.2, 0.25) is 0 Å². The van der Waals surface area contributed by atoms with Crippen molar-refractivity contribution in [3.8, 4) is 0 Å². The Kier molecular flexibility index (Phi) is 3.51. The van der Waals surface area contributed by atoms with Crippen LogP contribution in [0.25, 0.3) is 0 Å². The number of hydrogen-bond acceptors (Lipinski definition) is 1. The lowest BCUT2D eigenvalue weighted by molar-refractivity contribution is 0.716. The Hall–Kier alpha value is -1.51. The highest BCUT2D eigenvalue weighted by molar-refractivity contribution is 5.75. The van der Waals surface area contributed by atoms with Gasteiger partial charge in [0.15, 0.2) is 5.96 Å². The normalized spacial score (nSPS) is 23.4. The number of nitrogens with two attached hydrogens (primary N) is 2. The first kappa shape index (κ1) is 10.6. The van der Waals surface area contributed by atoms with Gasteiger partial charge in [-0.25, -0.2) is 4.99 Å². The van der Waals surface area contributed by atoms with Crippen LogP contribution in [0.1, 0.15) is 13.3 Å². The van der Waals surface area contributed by atoms with Gasteiger partial charge in [-0.15, -0.1) is 0 Å². The Morgan fingerprint density at radius 3 is 3.00 bits per heavy atom. The molecule has 1 unspecified atom stereocenters. The Labute approximate surface area is 84.9 Å². The molecule has 0 saturated heterocycles. The number of hydrogen-bond donors (Lipinski definition) is 2. The van der Waals surface area contributed by atoms with Gasteiger partial charge in [0, 0.05) is 0 Å². The van der Waals surface area contributed by atoms with E-state index in [9.17, 15) is 0 Å². The Morgan fingerprint density at radius 1 is 1.71 bits per heavy atom. The fourth-order valence-electron chi connectivity index (χ4n) is 1.60. The molecule has 0 bridgehead atoms. The molecule has 3 heteroatoms. The number of allylic oxidation sites excluding steroid dienone is 4. The Balaban J connectivity index is 2.66. The summed E-state index contributed by atoms with van der Waals surface area (Å²) < 4.78 is 0.